The molecule has 12 rings (SSSR count). The topological polar surface area (TPSA) is 999 Å². The van der Waals surface area contributed by atoms with E-state index >= 15 is 0 Å². The van der Waals surface area contributed by atoms with E-state index in [4.69, 9.17) is 109 Å². The van der Waals surface area contributed by atoms with Gasteiger partial charge in [0.15, 0.2) is 75.5 Å². The van der Waals surface area contributed by atoms with Crippen molar-refractivity contribution in [2.45, 2.75) is 382 Å². The third-order valence-corrected chi connectivity index (χ3v) is 25.9. The molecule has 0 saturated carbocycles. The van der Waals surface area contributed by atoms with Gasteiger partial charge in [0.1, 0.15) is 293 Å². The molecule has 12 fully saturated rings. The lowest BCUT2D eigenvalue weighted by Crippen LogP contribution is -2.70. The first-order valence-electron chi connectivity index (χ1n) is 44.2. The first-order valence-corrected chi connectivity index (χ1v) is 44.2. The van der Waals surface area contributed by atoms with Crippen molar-refractivity contribution in [2.75, 3.05) is 79.3 Å². The minimum atomic E-state index is -2.75. The zero-order valence-corrected chi connectivity index (χ0v) is 73.4. The Morgan fingerprint density at radius 3 is 0.734 bits per heavy atom. The quantitative estimate of drug-likeness (QED) is 0.0277. The molecular weight excluding hydrogens is 1920 g/mol. The predicted octanol–water partition coefficient (Wildman–Crippen LogP) is -26.9. The van der Waals surface area contributed by atoms with Gasteiger partial charge >= 0.3 is 0 Å². The zero-order valence-electron chi connectivity index (χ0n) is 73.4. The van der Waals surface area contributed by atoms with E-state index in [0.717, 1.165) is 13.8 Å². The van der Waals surface area contributed by atoms with Crippen LogP contribution in [-0.4, -0.2) is 643 Å². The normalized spacial score (nSPS) is 51.9. The fourth-order valence-electron chi connectivity index (χ4n) is 17.9. The van der Waals surface area contributed by atoms with E-state index < -0.39 is 459 Å². The maximum atomic E-state index is 13.2. The summed E-state index contributed by atoms with van der Waals surface area (Å²) in [5, 5.41) is 408. The maximum absolute atomic E-state index is 13.2. The van der Waals surface area contributed by atoms with Crippen LogP contribution < -0.4 is 10.6 Å². The van der Waals surface area contributed by atoms with Crippen molar-refractivity contribution in [3.05, 3.63) is 0 Å². The highest BCUT2D eigenvalue weighted by molar-refractivity contribution is 5.73. The SMILES string of the molecule is CC(=O)NC1C(O)[C@H](O[C@@H]2OC(CO[C@@H]3OC(CO[C@@H]4OC(CO)[C@H](O)[C@H](O)C4O[C@@H]4OC(CO)[C@H](O)[C@H](O)C4O)[C@H](O)[C@H](O[C@H]4OC(CO)[C@@H](O)C(O)C4O[C@H]4OC(CO)[C@@H](O)C(O)C4O)C3O)[C@H](O)[C@H](O[C@H]3OC(CO)[C@@H](O)C(O)C3O[C@H]3OC(CO)[C@@H](O)C(O)C3O[C@H]3OC(CO)[C@@H](O)C(O[C@@H]4OC(CO)[C@H](O)[C@H](O)C4O)C3O)C2O)C(CO)O[C@@H]1O[C@H]1C(CO)O[C@@H](O)C(NC(C)=O)[C@H]1O. The van der Waals surface area contributed by atoms with E-state index in [9.17, 15) is 193 Å². The van der Waals surface area contributed by atoms with Gasteiger partial charge in [0.2, 0.25) is 11.8 Å². The van der Waals surface area contributed by atoms with Crippen LogP contribution in [0, 0.1) is 0 Å². The first-order chi connectivity index (χ1) is 65.9. The largest absolute Gasteiger partial charge is 0.394 e. The number of hydrogen-bond donors (Lipinski definition) is 38. The number of nitrogens with one attached hydrogen (secondary N) is 2. The van der Waals surface area contributed by atoms with Crippen molar-refractivity contribution in [2.24, 2.45) is 0 Å². The monoisotopic (exact) mass is 2040 g/mol. The summed E-state index contributed by atoms with van der Waals surface area (Å²) in [6, 6.07) is -3.77. The molecule has 0 aromatic carbocycles. The van der Waals surface area contributed by atoms with E-state index in [1.165, 1.54) is 0 Å². The Morgan fingerprint density at radius 1 is 0.187 bits per heavy atom. The summed E-state index contributed by atoms with van der Waals surface area (Å²) in [4.78, 5) is 25.5. The number of amides is 2. The number of aliphatic hydroxyl groups excluding tert-OH is 36. The number of ether oxygens (including phenoxy) is 23. The Balaban J connectivity index is 0.905. The molecule has 139 heavy (non-hydrogen) atoms. The Morgan fingerprint density at radius 2 is 0.396 bits per heavy atom. The molecule has 63 nitrogen and oxygen atoms in total. The van der Waals surface area contributed by atoms with Gasteiger partial charge < -0.3 is 303 Å². The molecule has 60 atom stereocenters. The van der Waals surface area contributed by atoms with Crippen LogP contribution >= 0.6 is 0 Å². The fourth-order valence-corrected chi connectivity index (χ4v) is 17.9. The van der Waals surface area contributed by atoms with Crippen molar-refractivity contribution in [1.29, 1.82) is 0 Å². The van der Waals surface area contributed by atoms with E-state index in [-0.39, 0.29) is 0 Å². The molecule has 808 valence electrons. The van der Waals surface area contributed by atoms with E-state index in [2.05, 4.69) is 10.6 Å². The summed E-state index contributed by atoms with van der Waals surface area (Å²) in [6.45, 7) is -12.4. The van der Waals surface area contributed by atoms with Crippen molar-refractivity contribution in [3.8, 4) is 0 Å². The van der Waals surface area contributed by atoms with Gasteiger partial charge in [0, 0.05) is 13.8 Å². The predicted molar refractivity (Wildman–Crippen MR) is 418 cm³/mol. The smallest absolute Gasteiger partial charge is 0.217 e. The van der Waals surface area contributed by atoms with Gasteiger partial charge in [0.05, 0.1) is 79.3 Å². The average Bonchev–Trinajstić information content (AvgIpc) is 0.774. The molecule has 38 N–H and O–H groups in total. The summed E-state index contributed by atoms with van der Waals surface area (Å²) in [6.07, 6.45) is -130. The lowest BCUT2D eigenvalue weighted by molar-refractivity contribution is -0.411. The van der Waals surface area contributed by atoms with Crippen LogP contribution in [0.1, 0.15) is 13.8 Å². The van der Waals surface area contributed by atoms with Crippen LogP contribution in [0.5, 0.6) is 0 Å². The fraction of sp³-hybridized carbons (Fsp3) is 0.974. The second-order valence-corrected chi connectivity index (χ2v) is 35.2. The minimum absolute atomic E-state index is 0.840. The van der Waals surface area contributed by atoms with Gasteiger partial charge in [-0.2, -0.15) is 0 Å². The molecule has 0 bridgehead atoms. The van der Waals surface area contributed by atoms with Gasteiger partial charge in [0.25, 0.3) is 0 Å². The molecule has 30 unspecified atom stereocenters. The highest BCUT2D eigenvalue weighted by Gasteiger charge is 2.63. The molecular formula is C76H128N2O61. The Kier molecular flexibility index (Phi) is 41.0. The number of hydrogen-bond acceptors (Lipinski definition) is 61. The van der Waals surface area contributed by atoms with Crippen LogP contribution in [0.15, 0.2) is 0 Å². The number of carbonyl (C=O) groups is 2. The Labute approximate surface area is 784 Å². The summed E-state index contributed by atoms with van der Waals surface area (Å²) in [5.74, 6) is -1.86. The third kappa shape index (κ3) is 24.5. The molecule has 12 aliphatic rings. The molecule has 12 aliphatic heterocycles. The maximum Gasteiger partial charge on any atom is 0.217 e. The Bertz CT molecular complexity index is 3730. The summed E-state index contributed by atoms with van der Waals surface area (Å²) < 4.78 is 136. The summed E-state index contributed by atoms with van der Waals surface area (Å²) in [7, 11) is 0. The molecule has 0 spiro atoms. The lowest BCUT2D eigenvalue weighted by atomic mass is 9.94. The average molecular weight is 2050 g/mol. The summed E-state index contributed by atoms with van der Waals surface area (Å²) in [5.41, 5.74) is 0. The van der Waals surface area contributed by atoms with Gasteiger partial charge in [-0.05, 0) is 0 Å². The van der Waals surface area contributed by atoms with Crippen molar-refractivity contribution in [3.63, 3.8) is 0 Å². The highest BCUT2D eigenvalue weighted by Crippen LogP contribution is 2.43. The molecule has 63 heteroatoms. The van der Waals surface area contributed by atoms with Gasteiger partial charge in [-0.25, -0.2) is 0 Å². The highest BCUT2D eigenvalue weighted by atomic mass is 16.8. The van der Waals surface area contributed by atoms with Gasteiger partial charge in [-0.1, -0.05) is 0 Å². The van der Waals surface area contributed by atoms with E-state index in [1.807, 2.05) is 0 Å². The van der Waals surface area contributed by atoms with Crippen LogP contribution in [0.2, 0.25) is 0 Å². The molecule has 12 heterocycles. The van der Waals surface area contributed by atoms with Crippen LogP contribution in [0.4, 0.5) is 0 Å². The zero-order chi connectivity index (χ0) is 102. The van der Waals surface area contributed by atoms with Crippen molar-refractivity contribution < 1.29 is 302 Å². The van der Waals surface area contributed by atoms with Crippen LogP contribution in [0.25, 0.3) is 0 Å². The molecule has 0 radical (unpaired) electrons. The molecule has 12 saturated heterocycles. The van der Waals surface area contributed by atoms with E-state index in [0.29, 0.717) is 0 Å². The lowest BCUT2D eigenvalue weighted by Gasteiger charge is -2.51. The van der Waals surface area contributed by atoms with Gasteiger partial charge in [-0.3, -0.25) is 9.59 Å². The molecule has 0 aliphatic carbocycles. The third-order valence-electron chi connectivity index (χ3n) is 25.9. The molecule has 0 aromatic heterocycles. The van der Waals surface area contributed by atoms with Gasteiger partial charge in [-0.15, -0.1) is 0 Å². The Hall–Kier alpha value is -3.42. The number of aliphatic hydroxyl groups is 36. The summed E-state index contributed by atoms with van der Waals surface area (Å²) >= 11 is 0. The van der Waals surface area contributed by atoms with E-state index in [1.54, 1.807) is 0 Å². The molecule has 0 aromatic rings. The second-order valence-electron chi connectivity index (χ2n) is 35.2. The second kappa shape index (κ2) is 49.8. The standard InChI is InChI=1S/C76H128N2O61/c1-15(89)77-29-41(101)56(25(11-87)119-65(29)116)131-66-30(78-16(2)90)42(102)57(26(12-88)128-66)132-72-55(115)60(135-75-64(49(109)37(97)22(8-84)126-75)139-76-63(48(108)36(96)23(9-85)127-76)138-71-54(114)58(38(98)24(10-86)123-71)133-68-50(110)43(103)31(91)17(3-79)120-68)40(100)28(130-72)13-117-67-53(113)59(134-74-62(47(107)35(95)21(7-83)125-74)137-70-52(112)45(105)33(93)19(5-81)122-70)39(99)27(129-67)14-118-73-61(46(106)34(94)20(6-82)124-73)136-69-51(111)44(104)32(92)18(4-80)121-69/h17-76,79-88,91-116H,3-14H2,1-2H3,(H,77,89)(H,78,90)/t17?,18?,19?,20?,21?,22?,23?,24?,25?,26?,27?,28?,29?,30?,31-,32-,33+,34-,35+,36+,37+,38+,39-,40-,41+,42?,43-,44-,45?,46-,47?,48?,49?,50?,51?,52?,53?,54?,55?,56-,57+,58?,59-,60-,61?,62?,63?,64?,65+,66+,67+,68-,69-,70+,71+,72-,73+,74+,75+,76+/m0/s1. The van der Waals surface area contributed by atoms with Crippen LogP contribution in [-0.2, 0) is 119 Å². The minimum Gasteiger partial charge on any atom is -0.394 e. The first kappa shape index (κ1) is 114. The van der Waals surface area contributed by atoms with Crippen molar-refractivity contribution >= 4 is 11.8 Å². The van der Waals surface area contributed by atoms with Crippen LogP contribution in [0.3, 0.4) is 0 Å². The van der Waals surface area contributed by atoms with Crippen molar-refractivity contribution in [1.82, 2.24) is 10.6 Å². The molecule has 2 amide bonds. The number of rotatable bonds is 36. The number of carbonyl (C=O) groups excluding carboxylic acids is 2.